The van der Waals surface area contributed by atoms with Crippen LogP contribution in [0.1, 0.15) is 12.5 Å². The first kappa shape index (κ1) is 14.6. The van der Waals surface area contributed by atoms with E-state index in [1.165, 1.54) is 0 Å². The summed E-state index contributed by atoms with van der Waals surface area (Å²) in [6.07, 6.45) is -0.403. The van der Waals surface area contributed by atoms with Crippen LogP contribution in [0.25, 0.3) is 0 Å². The minimum Gasteiger partial charge on any atom is -0.466 e. The van der Waals surface area contributed by atoms with E-state index in [2.05, 4.69) is 9.47 Å². The molecule has 1 rings (SSSR count). The van der Waals surface area contributed by atoms with Crippen LogP contribution < -0.4 is 4.74 Å². The van der Waals surface area contributed by atoms with Crippen LogP contribution in [-0.4, -0.2) is 19.2 Å². The van der Waals surface area contributed by atoms with Gasteiger partial charge in [-0.2, -0.15) is 8.78 Å². The van der Waals surface area contributed by atoms with Gasteiger partial charge in [0.05, 0.1) is 18.1 Å². The van der Waals surface area contributed by atoms with Crippen molar-refractivity contribution in [3.8, 4) is 5.75 Å². The van der Waals surface area contributed by atoms with Crippen molar-refractivity contribution in [2.75, 3.05) is 6.61 Å². The Bertz CT molecular complexity index is 438. The molecule has 0 saturated carbocycles. The lowest BCUT2D eigenvalue weighted by atomic mass is 10.1. The van der Waals surface area contributed by atoms with Gasteiger partial charge in [0.2, 0.25) is 0 Å². The third kappa shape index (κ3) is 4.10. The van der Waals surface area contributed by atoms with Crippen molar-refractivity contribution in [2.45, 2.75) is 20.0 Å². The minimum atomic E-state index is -3.05. The summed E-state index contributed by atoms with van der Waals surface area (Å²) in [5.41, 5.74) is -0.156. The van der Waals surface area contributed by atoms with E-state index in [-0.39, 0.29) is 17.9 Å². The number of carbonyl (C=O) groups excluding carboxylic acids is 1. The molecule has 0 fully saturated rings. The number of esters is 1. The van der Waals surface area contributed by atoms with Crippen molar-refractivity contribution in [3.05, 3.63) is 28.5 Å². The Labute approximate surface area is 106 Å². The Hall–Kier alpha value is -1.43. The molecule has 0 unspecified atom stereocenters. The Morgan fingerprint density at radius 3 is 2.67 bits per heavy atom. The summed E-state index contributed by atoms with van der Waals surface area (Å²) in [6, 6.07) is 1.90. The second-order valence-corrected chi connectivity index (χ2v) is 3.65. The topological polar surface area (TPSA) is 35.5 Å². The van der Waals surface area contributed by atoms with Crippen LogP contribution in [0.3, 0.4) is 0 Å². The van der Waals surface area contributed by atoms with Crippen LogP contribution in [-0.2, 0) is 16.0 Å². The van der Waals surface area contributed by atoms with Crippen molar-refractivity contribution in [2.24, 2.45) is 0 Å². The Kier molecular flexibility index (Phi) is 5.27. The quantitative estimate of drug-likeness (QED) is 0.778. The van der Waals surface area contributed by atoms with Gasteiger partial charge < -0.3 is 9.47 Å². The average Bonchev–Trinajstić information content (AvgIpc) is 2.24. The summed E-state index contributed by atoms with van der Waals surface area (Å²) in [5.74, 6) is -1.84. The normalized spacial score (nSPS) is 10.6. The molecule has 0 heterocycles. The zero-order chi connectivity index (χ0) is 13.7. The standard InChI is InChI=1S/C11H10ClF3O3/c1-2-17-9(16)4-6-3-7(18-11(14)15)5-8(12)10(6)13/h3,5,11H,2,4H2,1H3. The van der Waals surface area contributed by atoms with E-state index in [4.69, 9.17) is 11.6 Å². The van der Waals surface area contributed by atoms with E-state index in [0.29, 0.717) is 0 Å². The molecule has 0 spiro atoms. The van der Waals surface area contributed by atoms with E-state index >= 15 is 0 Å². The molecule has 0 bridgehead atoms. The fraction of sp³-hybridized carbons (Fsp3) is 0.364. The molecule has 100 valence electrons. The highest BCUT2D eigenvalue weighted by Gasteiger charge is 2.15. The molecule has 0 saturated heterocycles. The van der Waals surface area contributed by atoms with Crippen LogP contribution in [0.4, 0.5) is 13.2 Å². The fourth-order valence-electron chi connectivity index (χ4n) is 1.29. The Morgan fingerprint density at radius 1 is 1.44 bits per heavy atom. The van der Waals surface area contributed by atoms with Crippen molar-refractivity contribution in [3.63, 3.8) is 0 Å². The number of halogens is 4. The number of ether oxygens (including phenoxy) is 2. The van der Waals surface area contributed by atoms with Crippen LogP contribution in [0.2, 0.25) is 5.02 Å². The second-order valence-electron chi connectivity index (χ2n) is 3.24. The van der Waals surface area contributed by atoms with Gasteiger partial charge in [0, 0.05) is 11.6 Å². The Balaban J connectivity index is 2.95. The molecule has 0 aliphatic heterocycles. The Morgan fingerprint density at radius 2 is 2.11 bits per heavy atom. The largest absolute Gasteiger partial charge is 0.466 e. The van der Waals surface area contributed by atoms with E-state index in [0.717, 1.165) is 12.1 Å². The maximum Gasteiger partial charge on any atom is 0.387 e. The summed E-state index contributed by atoms with van der Waals surface area (Å²) in [5, 5.41) is -0.396. The van der Waals surface area contributed by atoms with E-state index in [1.807, 2.05) is 0 Å². The van der Waals surface area contributed by atoms with Crippen molar-refractivity contribution in [1.82, 2.24) is 0 Å². The van der Waals surface area contributed by atoms with Crippen LogP contribution in [0, 0.1) is 5.82 Å². The third-order valence-corrected chi connectivity index (χ3v) is 2.22. The molecule has 3 nitrogen and oxygen atoms in total. The van der Waals surface area contributed by atoms with Gasteiger partial charge in [0.15, 0.2) is 0 Å². The number of carbonyl (C=O) groups is 1. The maximum absolute atomic E-state index is 13.5. The zero-order valence-corrected chi connectivity index (χ0v) is 10.1. The summed E-state index contributed by atoms with van der Waals surface area (Å²) in [4.78, 5) is 11.2. The number of hydrogen-bond acceptors (Lipinski definition) is 3. The van der Waals surface area contributed by atoms with Gasteiger partial charge in [0.25, 0.3) is 0 Å². The molecular formula is C11H10ClF3O3. The number of rotatable bonds is 5. The first-order valence-electron chi connectivity index (χ1n) is 5.02. The van der Waals surface area contributed by atoms with Crippen molar-refractivity contribution >= 4 is 17.6 Å². The van der Waals surface area contributed by atoms with Gasteiger partial charge in [-0.1, -0.05) is 11.6 Å². The third-order valence-electron chi connectivity index (χ3n) is 1.94. The van der Waals surface area contributed by atoms with Crippen LogP contribution >= 0.6 is 11.6 Å². The zero-order valence-electron chi connectivity index (χ0n) is 9.38. The summed E-state index contributed by atoms with van der Waals surface area (Å²) in [6.45, 7) is -1.32. The average molecular weight is 283 g/mol. The molecule has 0 amide bonds. The van der Waals surface area contributed by atoms with Gasteiger partial charge >= 0.3 is 12.6 Å². The molecule has 1 aromatic rings. The summed E-state index contributed by atoms with van der Waals surface area (Å²) < 4.78 is 46.3. The predicted octanol–water partition coefficient (Wildman–Crippen LogP) is 3.19. The highest BCUT2D eigenvalue weighted by molar-refractivity contribution is 6.31. The molecule has 7 heteroatoms. The molecule has 0 radical (unpaired) electrons. The lowest BCUT2D eigenvalue weighted by Crippen LogP contribution is -2.10. The summed E-state index contributed by atoms with van der Waals surface area (Å²) >= 11 is 5.51. The van der Waals surface area contributed by atoms with E-state index in [1.54, 1.807) is 6.92 Å². The van der Waals surface area contributed by atoms with E-state index < -0.39 is 29.8 Å². The molecule has 1 aromatic carbocycles. The lowest BCUT2D eigenvalue weighted by Gasteiger charge is -2.09. The maximum atomic E-state index is 13.5. The second kappa shape index (κ2) is 6.49. The molecule has 0 aliphatic carbocycles. The van der Waals surface area contributed by atoms with Crippen LogP contribution in [0.15, 0.2) is 12.1 Å². The first-order chi connectivity index (χ1) is 8.43. The fourth-order valence-corrected chi connectivity index (χ4v) is 1.51. The first-order valence-corrected chi connectivity index (χ1v) is 5.40. The number of alkyl halides is 2. The number of hydrogen-bond donors (Lipinski definition) is 0. The van der Waals surface area contributed by atoms with Gasteiger partial charge in [-0.15, -0.1) is 0 Å². The van der Waals surface area contributed by atoms with E-state index in [9.17, 15) is 18.0 Å². The molecule has 0 atom stereocenters. The highest BCUT2D eigenvalue weighted by Crippen LogP contribution is 2.27. The molecule has 0 aromatic heterocycles. The lowest BCUT2D eigenvalue weighted by molar-refractivity contribution is -0.142. The minimum absolute atomic E-state index is 0.140. The molecule has 0 aliphatic rings. The van der Waals surface area contributed by atoms with Gasteiger partial charge in [-0.05, 0) is 13.0 Å². The van der Waals surface area contributed by atoms with Crippen molar-refractivity contribution in [1.29, 1.82) is 0 Å². The van der Waals surface area contributed by atoms with Crippen molar-refractivity contribution < 1.29 is 27.4 Å². The monoisotopic (exact) mass is 282 g/mol. The smallest absolute Gasteiger partial charge is 0.387 e. The summed E-state index contributed by atoms with van der Waals surface area (Å²) in [7, 11) is 0. The highest BCUT2D eigenvalue weighted by atomic mass is 35.5. The van der Waals surface area contributed by atoms with Gasteiger partial charge in [-0.25, -0.2) is 4.39 Å². The van der Waals surface area contributed by atoms with Gasteiger partial charge in [-0.3, -0.25) is 4.79 Å². The predicted molar refractivity (Wildman–Crippen MR) is 58.4 cm³/mol. The van der Waals surface area contributed by atoms with Gasteiger partial charge in [0.1, 0.15) is 11.6 Å². The molecule has 18 heavy (non-hydrogen) atoms. The van der Waals surface area contributed by atoms with Crippen LogP contribution in [0.5, 0.6) is 5.75 Å². The molecular weight excluding hydrogens is 273 g/mol. The number of benzene rings is 1. The SMILES string of the molecule is CCOC(=O)Cc1cc(OC(F)F)cc(Cl)c1F. The molecule has 0 N–H and O–H groups in total.